The zero-order valence-corrected chi connectivity index (χ0v) is 11.0. The molecule has 2 heterocycles. The molecule has 1 aliphatic rings. The molecule has 2 N–H and O–H groups in total. The maximum Gasteiger partial charge on any atom is 0.246 e. The number of nitrogens with two attached hydrogens (primary N) is 1. The van der Waals surface area contributed by atoms with Crippen LogP contribution in [0.15, 0.2) is 9.31 Å². The zero-order chi connectivity index (χ0) is 12.6. The number of rotatable bonds is 3. The van der Waals surface area contributed by atoms with E-state index in [1.807, 2.05) is 0 Å². The Labute approximate surface area is 102 Å². The molecule has 1 fully saturated rings. The van der Waals surface area contributed by atoms with E-state index in [1.54, 1.807) is 13.8 Å². The lowest BCUT2D eigenvalue weighted by Crippen LogP contribution is -2.29. The first-order valence-corrected chi connectivity index (χ1v) is 7.21. The van der Waals surface area contributed by atoms with Crippen LogP contribution in [0.1, 0.15) is 29.9 Å². The molecule has 0 unspecified atom stereocenters. The molecule has 0 spiro atoms. The van der Waals surface area contributed by atoms with Gasteiger partial charge in [0.05, 0.1) is 0 Å². The van der Waals surface area contributed by atoms with Crippen molar-refractivity contribution in [3.63, 3.8) is 0 Å². The van der Waals surface area contributed by atoms with Crippen molar-refractivity contribution >= 4 is 10.0 Å². The fraction of sp³-hybridized carbons (Fsp3) is 0.636. The van der Waals surface area contributed by atoms with Crippen molar-refractivity contribution in [2.75, 3.05) is 13.1 Å². The van der Waals surface area contributed by atoms with Crippen molar-refractivity contribution < 1.29 is 12.8 Å². The highest BCUT2D eigenvalue weighted by atomic mass is 32.2. The third-order valence-corrected chi connectivity index (χ3v) is 5.29. The van der Waals surface area contributed by atoms with Crippen molar-refractivity contribution in [3.8, 4) is 0 Å². The summed E-state index contributed by atoms with van der Waals surface area (Å²) in [6.07, 6.45) is 1.85. The molecule has 6 heteroatoms. The van der Waals surface area contributed by atoms with Crippen LogP contribution < -0.4 is 5.73 Å². The summed E-state index contributed by atoms with van der Waals surface area (Å²) >= 11 is 0. The van der Waals surface area contributed by atoms with Crippen molar-refractivity contribution in [2.45, 2.75) is 38.1 Å². The van der Waals surface area contributed by atoms with Gasteiger partial charge in [0.1, 0.15) is 16.4 Å². The van der Waals surface area contributed by atoms with Crippen LogP contribution >= 0.6 is 0 Å². The topological polar surface area (TPSA) is 76.5 Å². The normalized spacial score (nSPS) is 17.8. The molecule has 0 radical (unpaired) electrons. The molecule has 1 aromatic heterocycles. The number of aryl methyl sites for hydroxylation is 2. The van der Waals surface area contributed by atoms with E-state index in [9.17, 15) is 8.42 Å². The molecule has 1 aromatic rings. The SMILES string of the molecule is Cc1oc(C)c(S(=O)(=O)N2CCCC2)c1CN. The highest BCUT2D eigenvalue weighted by Gasteiger charge is 2.33. The highest BCUT2D eigenvalue weighted by molar-refractivity contribution is 7.89. The first-order chi connectivity index (χ1) is 7.98. The van der Waals surface area contributed by atoms with Crippen molar-refractivity contribution in [1.29, 1.82) is 0 Å². The van der Waals surface area contributed by atoms with Gasteiger partial charge < -0.3 is 10.2 Å². The van der Waals surface area contributed by atoms with Gasteiger partial charge in [0.25, 0.3) is 0 Å². The van der Waals surface area contributed by atoms with E-state index >= 15 is 0 Å². The Kier molecular flexibility index (Phi) is 3.29. The lowest BCUT2D eigenvalue weighted by Gasteiger charge is -2.15. The number of hydrogen-bond acceptors (Lipinski definition) is 4. The maximum atomic E-state index is 12.5. The molecule has 0 aliphatic carbocycles. The molecule has 96 valence electrons. The smallest absolute Gasteiger partial charge is 0.246 e. The molecule has 17 heavy (non-hydrogen) atoms. The van der Waals surface area contributed by atoms with E-state index in [-0.39, 0.29) is 11.4 Å². The van der Waals surface area contributed by atoms with Gasteiger partial charge in [0.15, 0.2) is 0 Å². The second-order valence-electron chi connectivity index (χ2n) is 4.34. The largest absolute Gasteiger partial charge is 0.465 e. The molecular formula is C11H18N2O3S. The number of sulfonamides is 1. The monoisotopic (exact) mass is 258 g/mol. The van der Waals surface area contributed by atoms with E-state index in [1.165, 1.54) is 4.31 Å². The molecule has 0 aromatic carbocycles. The third kappa shape index (κ3) is 2.00. The molecule has 1 aliphatic heterocycles. The standard InChI is InChI=1S/C11H18N2O3S/c1-8-10(7-12)11(9(2)16-8)17(14,15)13-5-3-4-6-13/h3-7,12H2,1-2H3. The molecule has 0 saturated carbocycles. The first-order valence-electron chi connectivity index (χ1n) is 5.77. The summed E-state index contributed by atoms with van der Waals surface area (Å²) in [7, 11) is -3.43. The quantitative estimate of drug-likeness (QED) is 0.882. The van der Waals surface area contributed by atoms with E-state index in [0.29, 0.717) is 30.2 Å². The van der Waals surface area contributed by atoms with E-state index < -0.39 is 10.0 Å². The van der Waals surface area contributed by atoms with Gasteiger partial charge in [-0.2, -0.15) is 4.31 Å². The summed E-state index contributed by atoms with van der Waals surface area (Å²) in [6.45, 7) is 4.80. The molecular weight excluding hydrogens is 240 g/mol. The summed E-state index contributed by atoms with van der Waals surface area (Å²) in [5.41, 5.74) is 6.22. The number of furan rings is 1. The van der Waals surface area contributed by atoms with Gasteiger partial charge in [-0.3, -0.25) is 0 Å². The molecule has 2 rings (SSSR count). The van der Waals surface area contributed by atoms with Gasteiger partial charge in [-0.1, -0.05) is 0 Å². The summed E-state index contributed by atoms with van der Waals surface area (Å²) in [4.78, 5) is 0.277. The Hall–Kier alpha value is -0.850. The average molecular weight is 258 g/mol. The van der Waals surface area contributed by atoms with Crippen LogP contribution in [0.3, 0.4) is 0 Å². The minimum atomic E-state index is -3.43. The molecule has 0 amide bonds. The fourth-order valence-electron chi connectivity index (χ4n) is 2.34. The Morgan fingerprint density at radius 3 is 2.35 bits per heavy atom. The molecule has 1 saturated heterocycles. The summed E-state index contributed by atoms with van der Waals surface area (Å²) < 4.78 is 31.8. The maximum absolute atomic E-state index is 12.5. The van der Waals surface area contributed by atoms with Crippen molar-refractivity contribution in [2.24, 2.45) is 5.73 Å². The van der Waals surface area contributed by atoms with E-state index in [2.05, 4.69) is 0 Å². The number of nitrogens with zero attached hydrogens (tertiary/aromatic N) is 1. The van der Waals surface area contributed by atoms with Crippen molar-refractivity contribution in [1.82, 2.24) is 4.31 Å². The summed E-state index contributed by atoms with van der Waals surface area (Å²) in [5, 5.41) is 0. The van der Waals surface area contributed by atoms with Crippen LogP contribution in [-0.2, 0) is 16.6 Å². The van der Waals surface area contributed by atoms with Gasteiger partial charge in [0.2, 0.25) is 10.0 Å². The highest BCUT2D eigenvalue weighted by Crippen LogP contribution is 2.30. The molecule has 5 nitrogen and oxygen atoms in total. The molecule has 0 bridgehead atoms. The minimum absolute atomic E-state index is 0.186. The Bertz CT molecular complexity index is 513. The van der Waals surface area contributed by atoms with Crippen LogP contribution in [0.25, 0.3) is 0 Å². The Morgan fingerprint density at radius 1 is 1.24 bits per heavy atom. The second-order valence-corrected chi connectivity index (χ2v) is 6.21. The van der Waals surface area contributed by atoms with Crippen molar-refractivity contribution in [3.05, 3.63) is 17.1 Å². The van der Waals surface area contributed by atoms with E-state index in [4.69, 9.17) is 10.2 Å². The van der Waals surface area contributed by atoms with E-state index in [0.717, 1.165) is 12.8 Å². The van der Waals surface area contributed by atoms with Gasteiger partial charge in [-0.25, -0.2) is 8.42 Å². The van der Waals surface area contributed by atoms with Crippen LogP contribution in [0.2, 0.25) is 0 Å². The van der Waals surface area contributed by atoms with Gasteiger partial charge >= 0.3 is 0 Å². The van der Waals surface area contributed by atoms with Crippen LogP contribution in [-0.4, -0.2) is 25.8 Å². The fourth-order valence-corrected chi connectivity index (χ4v) is 4.28. The van der Waals surface area contributed by atoms with Crippen LogP contribution in [0.5, 0.6) is 0 Å². The predicted octanol–water partition coefficient (Wildman–Crippen LogP) is 1.14. The Balaban J connectivity index is 2.52. The lowest BCUT2D eigenvalue weighted by atomic mass is 10.2. The van der Waals surface area contributed by atoms with Gasteiger partial charge in [-0.05, 0) is 26.7 Å². The first kappa shape index (κ1) is 12.6. The summed E-state index contributed by atoms with van der Waals surface area (Å²) in [6, 6.07) is 0. The van der Waals surface area contributed by atoms with Crippen LogP contribution in [0.4, 0.5) is 0 Å². The molecule has 0 atom stereocenters. The van der Waals surface area contributed by atoms with Gasteiger partial charge in [0, 0.05) is 25.2 Å². The third-order valence-electron chi connectivity index (χ3n) is 3.19. The van der Waals surface area contributed by atoms with Crippen LogP contribution in [0, 0.1) is 13.8 Å². The lowest BCUT2D eigenvalue weighted by molar-refractivity contribution is 0.468. The number of hydrogen-bond donors (Lipinski definition) is 1. The zero-order valence-electron chi connectivity index (χ0n) is 10.2. The second kappa shape index (κ2) is 4.44. The van der Waals surface area contributed by atoms with Gasteiger partial charge in [-0.15, -0.1) is 0 Å². The predicted molar refractivity (Wildman–Crippen MR) is 64.1 cm³/mol. The summed E-state index contributed by atoms with van der Waals surface area (Å²) in [5.74, 6) is 1.04. The Morgan fingerprint density at radius 2 is 1.82 bits per heavy atom. The minimum Gasteiger partial charge on any atom is -0.465 e. The average Bonchev–Trinajstić information content (AvgIpc) is 2.85.